The first-order chi connectivity index (χ1) is 16.2. The molecule has 3 fully saturated rings. The van der Waals surface area contributed by atoms with Crippen molar-refractivity contribution in [1.82, 2.24) is 0 Å². The minimum absolute atomic E-state index is 0.0178. The van der Waals surface area contributed by atoms with Crippen LogP contribution in [0.1, 0.15) is 96.8 Å². The summed E-state index contributed by atoms with van der Waals surface area (Å²) in [5.74, 6) is -4.46. The molecule has 3 saturated carbocycles. The minimum Gasteiger partial charge on any atom is -0.171 e. The molecule has 0 N–H and O–H groups in total. The zero-order chi connectivity index (χ0) is 26.1. The van der Waals surface area contributed by atoms with Gasteiger partial charge in [-0.1, -0.05) is 64.3 Å². The molecule has 3 rings (SSSR count). The lowest BCUT2D eigenvalue weighted by molar-refractivity contribution is -0.182. The van der Waals surface area contributed by atoms with Crippen LogP contribution in [-0.4, -0.2) is 26.6 Å². The van der Waals surface area contributed by atoms with E-state index in [2.05, 4.69) is 0 Å². The molecule has 0 aromatic rings. The largest absolute Gasteiger partial charge is 0.391 e. The van der Waals surface area contributed by atoms with E-state index in [4.69, 9.17) is 0 Å². The molecule has 3 aliphatic carbocycles. The number of unbranched alkanes of at least 4 members (excludes halogenated alkanes) is 1. The fourth-order valence-corrected chi connectivity index (χ4v) is 16.6. The van der Waals surface area contributed by atoms with E-state index in [9.17, 15) is 39.5 Å². The molecule has 0 unspecified atom stereocenters. The summed E-state index contributed by atoms with van der Waals surface area (Å²) in [5, 5.41) is 0. The van der Waals surface area contributed by atoms with Gasteiger partial charge in [-0.05, 0) is 55.1 Å². The molecule has 0 radical (unpaired) electrons. The van der Waals surface area contributed by atoms with Crippen LogP contribution in [0, 0.1) is 17.8 Å². The lowest BCUT2D eigenvalue weighted by atomic mass is 9.87. The summed E-state index contributed by atoms with van der Waals surface area (Å²) in [6.07, 6.45) is -9.24. The van der Waals surface area contributed by atoms with Gasteiger partial charge >= 0.3 is 18.5 Å². The van der Waals surface area contributed by atoms with Crippen LogP contribution in [0.5, 0.6) is 0 Å². The van der Waals surface area contributed by atoms with Crippen molar-refractivity contribution in [3.63, 3.8) is 0 Å². The fraction of sp³-hybridized carbons (Fsp3) is 1.00. The summed E-state index contributed by atoms with van der Waals surface area (Å²) in [5.41, 5.74) is -1.03. The van der Waals surface area contributed by atoms with Crippen molar-refractivity contribution in [3.05, 3.63) is 0 Å². The van der Waals surface area contributed by atoms with E-state index >= 15 is 0 Å². The normalized spacial score (nSPS) is 34.1. The number of halogens is 9. The van der Waals surface area contributed by atoms with Gasteiger partial charge in [-0.2, -0.15) is 39.5 Å². The van der Waals surface area contributed by atoms with E-state index in [1.165, 1.54) is 0 Å². The second-order valence-corrected chi connectivity index (χ2v) is 16.7. The molecule has 0 aromatic carbocycles. The quantitative estimate of drug-likeness (QED) is 0.233. The van der Waals surface area contributed by atoms with Crippen molar-refractivity contribution in [1.29, 1.82) is 0 Å². The molecule has 0 spiro atoms. The highest BCUT2D eigenvalue weighted by atomic mass is 28.3. The summed E-state index contributed by atoms with van der Waals surface area (Å²) in [6, 6.07) is 0.573. The van der Waals surface area contributed by atoms with Crippen molar-refractivity contribution in [2.75, 3.05) is 0 Å². The van der Waals surface area contributed by atoms with Gasteiger partial charge in [0.2, 0.25) is 0 Å². The van der Waals surface area contributed by atoms with E-state index in [0.29, 0.717) is 51.0 Å². The topological polar surface area (TPSA) is 0 Å². The van der Waals surface area contributed by atoms with Crippen molar-refractivity contribution in [3.8, 4) is 0 Å². The van der Waals surface area contributed by atoms with E-state index in [0.717, 1.165) is 6.42 Å². The second-order valence-electron chi connectivity index (χ2n) is 11.5. The summed E-state index contributed by atoms with van der Waals surface area (Å²) >= 11 is 0. The van der Waals surface area contributed by atoms with Gasteiger partial charge in [0.25, 0.3) is 0 Å². The Hall–Kier alpha value is -0.413. The smallest absolute Gasteiger partial charge is 0.171 e. The average molecular weight is 539 g/mol. The molecule has 3 aliphatic rings. The van der Waals surface area contributed by atoms with Gasteiger partial charge in [-0.3, -0.25) is 0 Å². The van der Waals surface area contributed by atoms with E-state index in [-0.39, 0.29) is 55.1 Å². The number of alkyl halides is 9. The third-order valence-corrected chi connectivity index (χ3v) is 17.0. The first-order valence-electron chi connectivity index (χ1n) is 13.4. The molecule has 0 bridgehead atoms. The van der Waals surface area contributed by atoms with Crippen molar-refractivity contribution in [2.45, 2.75) is 138 Å². The molecule has 6 atom stereocenters. The molecular weight excluding hydrogens is 499 g/mol. The minimum atomic E-state index is -4.37. The van der Waals surface area contributed by atoms with Crippen molar-refractivity contribution >= 4 is 8.07 Å². The van der Waals surface area contributed by atoms with Crippen molar-refractivity contribution < 1.29 is 39.5 Å². The van der Waals surface area contributed by atoms with Crippen LogP contribution in [0.4, 0.5) is 39.5 Å². The van der Waals surface area contributed by atoms with Crippen LogP contribution in [0.2, 0.25) is 22.7 Å². The van der Waals surface area contributed by atoms with Gasteiger partial charge in [-0.15, -0.1) is 0 Å². The molecule has 0 amide bonds. The average Bonchev–Trinajstić information content (AvgIpc) is 2.79. The summed E-state index contributed by atoms with van der Waals surface area (Å²) in [4.78, 5) is 0. The predicted molar refractivity (Wildman–Crippen MR) is 121 cm³/mol. The third-order valence-electron chi connectivity index (χ3n) is 9.65. The van der Waals surface area contributed by atoms with E-state index in [1.54, 1.807) is 0 Å². The summed E-state index contributed by atoms with van der Waals surface area (Å²) in [6.45, 7) is 1.94. The van der Waals surface area contributed by atoms with Gasteiger partial charge in [0.15, 0.2) is 0 Å². The van der Waals surface area contributed by atoms with Crippen LogP contribution in [0.3, 0.4) is 0 Å². The number of hydrogen-bond acceptors (Lipinski definition) is 0. The first kappa shape index (κ1) is 29.1. The Morgan fingerprint density at radius 3 is 1.11 bits per heavy atom. The molecule has 0 aliphatic heterocycles. The Balaban J connectivity index is 2.05. The van der Waals surface area contributed by atoms with Crippen molar-refractivity contribution in [2.24, 2.45) is 17.8 Å². The maximum atomic E-state index is 13.8. The van der Waals surface area contributed by atoms with Crippen LogP contribution < -0.4 is 0 Å². The maximum absolute atomic E-state index is 13.8. The molecule has 0 saturated heterocycles. The highest BCUT2D eigenvalue weighted by Gasteiger charge is 2.59. The van der Waals surface area contributed by atoms with Crippen LogP contribution in [0.25, 0.3) is 0 Å². The molecule has 0 nitrogen and oxygen atoms in total. The fourth-order valence-electron chi connectivity index (χ4n) is 8.02. The molecule has 10 heteroatoms. The highest BCUT2D eigenvalue weighted by Crippen LogP contribution is 2.63. The monoisotopic (exact) mass is 538 g/mol. The van der Waals surface area contributed by atoms with Gasteiger partial charge < -0.3 is 0 Å². The molecule has 0 aromatic heterocycles. The molecule has 35 heavy (non-hydrogen) atoms. The first-order valence-corrected chi connectivity index (χ1v) is 15.8. The lowest BCUT2D eigenvalue weighted by Crippen LogP contribution is -2.54. The Morgan fingerprint density at radius 2 is 0.857 bits per heavy atom. The van der Waals surface area contributed by atoms with Gasteiger partial charge in [0.1, 0.15) is 0 Å². The Kier molecular flexibility index (Phi) is 9.28. The lowest BCUT2D eigenvalue weighted by Gasteiger charge is -2.56. The Labute approximate surface area is 203 Å². The summed E-state index contributed by atoms with van der Waals surface area (Å²) < 4.78 is 124. The SMILES string of the molecule is CCCC[Si]([C@@H]1CCC[C@H](C(F)(F)F)C1)([C@@H]1CCC[C@H](C(F)(F)F)C1)[C@H]1CCC[C@H](C(F)(F)F)C1. The third kappa shape index (κ3) is 6.73. The van der Waals surface area contributed by atoms with Crippen LogP contribution >= 0.6 is 0 Å². The molecular formula is C25H39F9Si. The van der Waals surface area contributed by atoms with Gasteiger partial charge in [0.05, 0.1) is 25.8 Å². The van der Waals surface area contributed by atoms with Gasteiger partial charge in [0, 0.05) is 0 Å². The summed E-state index contributed by atoms with van der Waals surface area (Å²) in [7, 11) is -2.98. The van der Waals surface area contributed by atoms with Crippen LogP contribution in [-0.2, 0) is 0 Å². The Bertz CT molecular complexity index is 586. The number of hydrogen-bond donors (Lipinski definition) is 0. The zero-order valence-electron chi connectivity index (χ0n) is 20.5. The zero-order valence-corrected chi connectivity index (χ0v) is 21.5. The van der Waals surface area contributed by atoms with Gasteiger partial charge in [-0.25, -0.2) is 0 Å². The van der Waals surface area contributed by atoms with Crippen LogP contribution in [0.15, 0.2) is 0 Å². The Morgan fingerprint density at radius 1 is 0.543 bits per heavy atom. The van der Waals surface area contributed by atoms with E-state index in [1.807, 2.05) is 6.92 Å². The predicted octanol–water partition coefficient (Wildman–Crippen LogP) is 10.6. The maximum Gasteiger partial charge on any atom is 0.391 e. The second kappa shape index (κ2) is 11.1. The standard InChI is InChI=1S/C25H39F9Si/c1-2-3-13-35(20-10-4-7-17(14-20)23(26,27)28,21-11-5-8-18(15-21)24(29,30)31)22-12-6-9-19(16-22)25(32,33)34/h17-22H,2-16H2,1H3/t17-,18-,19-,20-,21+,22+/m0/s1. The number of rotatable bonds is 6. The molecule has 206 valence electrons. The highest BCUT2D eigenvalue weighted by molar-refractivity contribution is 6.84. The molecule has 0 heterocycles. The van der Waals surface area contributed by atoms with E-state index < -0.39 is 44.4 Å².